The van der Waals surface area contributed by atoms with Gasteiger partial charge in [-0.2, -0.15) is 0 Å². The SMILES string of the molecule is O=C(c1cncc(-c2ccc(Cl)cc2)c1)N1CCOc2ccccc21. The molecule has 0 aliphatic carbocycles. The fourth-order valence-corrected chi connectivity index (χ4v) is 3.02. The molecular weight excluding hydrogens is 336 g/mol. The van der Waals surface area contributed by atoms with Crippen LogP contribution in [0.5, 0.6) is 5.75 Å². The zero-order valence-corrected chi connectivity index (χ0v) is 14.1. The molecule has 4 nitrogen and oxygen atoms in total. The Morgan fingerprint density at radius 3 is 2.68 bits per heavy atom. The molecule has 0 saturated carbocycles. The molecule has 0 saturated heterocycles. The second-order valence-electron chi connectivity index (χ2n) is 5.74. The molecule has 4 rings (SSSR count). The van der Waals surface area contributed by atoms with E-state index in [1.807, 2.05) is 54.6 Å². The molecule has 124 valence electrons. The van der Waals surface area contributed by atoms with E-state index in [4.69, 9.17) is 16.3 Å². The summed E-state index contributed by atoms with van der Waals surface area (Å²) in [5.41, 5.74) is 3.18. The van der Waals surface area contributed by atoms with Crippen molar-refractivity contribution in [2.45, 2.75) is 0 Å². The summed E-state index contributed by atoms with van der Waals surface area (Å²) in [7, 11) is 0. The van der Waals surface area contributed by atoms with Gasteiger partial charge in [-0.3, -0.25) is 9.78 Å². The number of ether oxygens (including phenoxy) is 1. The van der Waals surface area contributed by atoms with Gasteiger partial charge in [-0.25, -0.2) is 0 Å². The molecule has 0 spiro atoms. The molecule has 0 unspecified atom stereocenters. The van der Waals surface area contributed by atoms with Gasteiger partial charge in [-0.15, -0.1) is 0 Å². The van der Waals surface area contributed by atoms with Crippen molar-refractivity contribution in [1.82, 2.24) is 4.98 Å². The average molecular weight is 351 g/mol. The maximum absolute atomic E-state index is 13.0. The molecule has 2 aromatic carbocycles. The Morgan fingerprint density at radius 1 is 1.04 bits per heavy atom. The fourth-order valence-electron chi connectivity index (χ4n) is 2.89. The number of halogens is 1. The van der Waals surface area contributed by atoms with E-state index < -0.39 is 0 Å². The van der Waals surface area contributed by atoms with Gasteiger partial charge in [0, 0.05) is 23.0 Å². The lowest BCUT2D eigenvalue weighted by atomic mass is 10.1. The van der Waals surface area contributed by atoms with Crippen molar-refractivity contribution in [2.24, 2.45) is 0 Å². The highest BCUT2D eigenvalue weighted by atomic mass is 35.5. The highest BCUT2D eigenvalue weighted by molar-refractivity contribution is 6.30. The monoisotopic (exact) mass is 350 g/mol. The number of nitrogens with zero attached hydrogens (tertiary/aromatic N) is 2. The Labute approximate surface area is 150 Å². The first-order valence-electron chi connectivity index (χ1n) is 7.97. The third-order valence-electron chi connectivity index (χ3n) is 4.14. The van der Waals surface area contributed by atoms with Crippen LogP contribution in [0.4, 0.5) is 5.69 Å². The number of pyridine rings is 1. The molecule has 0 bridgehead atoms. The molecule has 0 fully saturated rings. The smallest absolute Gasteiger partial charge is 0.260 e. The van der Waals surface area contributed by atoms with Crippen LogP contribution < -0.4 is 9.64 Å². The summed E-state index contributed by atoms with van der Waals surface area (Å²) in [6, 6.07) is 16.9. The first kappa shape index (κ1) is 15.7. The number of rotatable bonds is 2. The van der Waals surface area contributed by atoms with E-state index in [0.29, 0.717) is 23.7 Å². The van der Waals surface area contributed by atoms with Gasteiger partial charge in [0.2, 0.25) is 0 Å². The summed E-state index contributed by atoms with van der Waals surface area (Å²) in [4.78, 5) is 19.0. The molecule has 2 heterocycles. The number of hydrogen-bond acceptors (Lipinski definition) is 3. The topological polar surface area (TPSA) is 42.4 Å². The Hall–Kier alpha value is -2.85. The second-order valence-corrected chi connectivity index (χ2v) is 6.18. The molecule has 0 radical (unpaired) electrons. The molecule has 0 atom stereocenters. The molecule has 1 aliphatic rings. The minimum Gasteiger partial charge on any atom is -0.490 e. The number of aromatic nitrogens is 1. The zero-order chi connectivity index (χ0) is 17.2. The van der Waals surface area contributed by atoms with Gasteiger partial charge < -0.3 is 9.64 Å². The minimum atomic E-state index is -0.0842. The summed E-state index contributed by atoms with van der Waals surface area (Å²) in [6.45, 7) is 0.994. The number of carbonyl (C=O) groups excluding carboxylic acids is 1. The lowest BCUT2D eigenvalue weighted by Crippen LogP contribution is -2.38. The lowest BCUT2D eigenvalue weighted by Gasteiger charge is -2.29. The molecule has 1 aliphatic heterocycles. The highest BCUT2D eigenvalue weighted by Gasteiger charge is 2.24. The molecule has 0 N–H and O–H groups in total. The van der Waals surface area contributed by atoms with Gasteiger partial charge in [-0.1, -0.05) is 35.9 Å². The number of benzene rings is 2. The van der Waals surface area contributed by atoms with Gasteiger partial charge in [0.1, 0.15) is 12.4 Å². The van der Waals surface area contributed by atoms with Gasteiger partial charge >= 0.3 is 0 Å². The zero-order valence-electron chi connectivity index (χ0n) is 13.4. The van der Waals surface area contributed by atoms with Crippen LogP contribution in [-0.2, 0) is 0 Å². The van der Waals surface area contributed by atoms with E-state index in [2.05, 4.69) is 4.98 Å². The first-order valence-corrected chi connectivity index (χ1v) is 8.35. The van der Waals surface area contributed by atoms with E-state index in [-0.39, 0.29) is 5.91 Å². The normalized spacial score (nSPS) is 13.1. The Balaban J connectivity index is 1.68. The molecule has 25 heavy (non-hydrogen) atoms. The predicted molar refractivity (Wildman–Crippen MR) is 98.3 cm³/mol. The van der Waals surface area contributed by atoms with Crippen molar-refractivity contribution >= 4 is 23.2 Å². The van der Waals surface area contributed by atoms with E-state index in [1.54, 1.807) is 17.3 Å². The van der Waals surface area contributed by atoms with E-state index in [1.165, 1.54) is 0 Å². The predicted octanol–water partition coefficient (Wildman–Crippen LogP) is 4.44. The Kier molecular flexibility index (Phi) is 4.12. The van der Waals surface area contributed by atoms with Crippen molar-refractivity contribution in [3.05, 3.63) is 77.6 Å². The van der Waals surface area contributed by atoms with Crippen molar-refractivity contribution in [1.29, 1.82) is 0 Å². The van der Waals surface area contributed by atoms with E-state index in [9.17, 15) is 4.79 Å². The third kappa shape index (κ3) is 3.08. The summed E-state index contributed by atoms with van der Waals surface area (Å²) >= 11 is 5.94. The quantitative estimate of drug-likeness (QED) is 0.686. The van der Waals surface area contributed by atoms with Crippen molar-refractivity contribution < 1.29 is 9.53 Å². The van der Waals surface area contributed by atoms with Gasteiger partial charge in [0.05, 0.1) is 17.8 Å². The van der Waals surface area contributed by atoms with Crippen molar-refractivity contribution in [2.75, 3.05) is 18.1 Å². The van der Waals surface area contributed by atoms with Gasteiger partial charge in [-0.05, 0) is 35.9 Å². The van der Waals surface area contributed by atoms with Crippen LogP contribution in [0.25, 0.3) is 11.1 Å². The van der Waals surface area contributed by atoms with Gasteiger partial charge in [0.15, 0.2) is 0 Å². The molecule has 5 heteroatoms. The van der Waals surface area contributed by atoms with Crippen LogP contribution in [-0.4, -0.2) is 24.0 Å². The largest absolute Gasteiger partial charge is 0.490 e. The van der Waals surface area contributed by atoms with Gasteiger partial charge in [0.25, 0.3) is 5.91 Å². The van der Waals surface area contributed by atoms with Crippen LogP contribution in [0, 0.1) is 0 Å². The molecule has 1 amide bonds. The van der Waals surface area contributed by atoms with Crippen LogP contribution in [0.2, 0.25) is 5.02 Å². The summed E-state index contributed by atoms with van der Waals surface area (Å²) in [6.07, 6.45) is 3.34. The third-order valence-corrected chi connectivity index (χ3v) is 4.39. The molecule has 3 aromatic rings. The fraction of sp³-hybridized carbons (Fsp3) is 0.100. The number of amides is 1. The Morgan fingerprint density at radius 2 is 1.84 bits per heavy atom. The minimum absolute atomic E-state index is 0.0842. The molecular formula is C20H15ClN2O2. The first-order chi connectivity index (χ1) is 12.2. The van der Waals surface area contributed by atoms with E-state index >= 15 is 0 Å². The Bertz CT molecular complexity index is 925. The van der Waals surface area contributed by atoms with Crippen molar-refractivity contribution in [3.63, 3.8) is 0 Å². The molecule has 1 aromatic heterocycles. The lowest BCUT2D eigenvalue weighted by molar-refractivity contribution is 0.0976. The second kappa shape index (κ2) is 6.57. The van der Waals surface area contributed by atoms with Crippen LogP contribution in [0.15, 0.2) is 67.0 Å². The number of para-hydroxylation sites is 2. The summed E-state index contributed by atoms with van der Waals surface area (Å²) in [5.74, 6) is 0.642. The number of anilines is 1. The maximum atomic E-state index is 13.0. The standard InChI is InChI=1S/C20H15ClN2O2/c21-17-7-5-14(6-8-17)15-11-16(13-22-12-15)20(24)23-9-10-25-19-4-2-1-3-18(19)23/h1-8,11-13H,9-10H2. The van der Waals surface area contributed by atoms with Crippen LogP contribution >= 0.6 is 11.6 Å². The van der Waals surface area contributed by atoms with Crippen LogP contribution in [0.1, 0.15) is 10.4 Å². The average Bonchev–Trinajstić information content (AvgIpc) is 2.68. The summed E-state index contributed by atoms with van der Waals surface area (Å²) in [5, 5.41) is 0.675. The highest BCUT2D eigenvalue weighted by Crippen LogP contribution is 2.32. The number of carbonyl (C=O) groups is 1. The number of hydrogen-bond donors (Lipinski definition) is 0. The number of fused-ring (bicyclic) bond motifs is 1. The van der Waals surface area contributed by atoms with E-state index in [0.717, 1.165) is 22.6 Å². The maximum Gasteiger partial charge on any atom is 0.260 e. The van der Waals surface area contributed by atoms with Crippen molar-refractivity contribution in [3.8, 4) is 16.9 Å². The summed E-state index contributed by atoms with van der Waals surface area (Å²) < 4.78 is 5.62. The van der Waals surface area contributed by atoms with Crippen LogP contribution in [0.3, 0.4) is 0 Å².